The van der Waals surface area contributed by atoms with Gasteiger partial charge in [-0.2, -0.15) is 0 Å². The molecule has 0 saturated carbocycles. The van der Waals surface area contributed by atoms with Crippen LogP contribution in [0.5, 0.6) is 0 Å². The first-order valence-electron chi connectivity index (χ1n) is 22.3. The largest absolute Gasteiger partial charge is 0.472 e. The Morgan fingerprint density at radius 1 is 0.564 bits per heavy atom. The lowest BCUT2D eigenvalue weighted by Gasteiger charge is -2.20. The van der Waals surface area contributed by atoms with E-state index in [0.29, 0.717) is 13.0 Å². The van der Waals surface area contributed by atoms with E-state index in [2.05, 4.69) is 50.3 Å². The van der Waals surface area contributed by atoms with Gasteiger partial charge in [0.15, 0.2) is 6.10 Å². The zero-order valence-electron chi connectivity index (χ0n) is 35.9. The van der Waals surface area contributed by atoms with Gasteiger partial charge in [0, 0.05) is 19.4 Å². The van der Waals surface area contributed by atoms with Crippen LogP contribution in [0.3, 0.4) is 0 Å². The van der Waals surface area contributed by atoms with Crippen LogP contribution in [0.25, 0.3) is 0 Å². The summed E-state index contributed by atoms with van der Waals surface area (Å²) in [6.07, 6.45) is 43.2. The van der Waals surface area contributed by atoms with E-state index in [1.54, 1.807) is 0 Å². The molecule has 0 radical (unpaired) electrons. The summed E-state index contributed by atoms with van der Waals surface area (Å²) in [6, 6.07) is 0. The van der Waals surface area contributed by atoms with Crippen molar-refractivity contribution in [3.8, 4) is 0 Å². The van der Waals surface area contributed by atoms with Crippen LogP contribution in [-0.4, -0.2) is 68.3 Å². The van der Waals surface area contributed by atoms with Crippen molar-refractivity contribution < 1.29 is 37.6 Å². The summed E-state index contributed by atoms with van der Waals surface area (Å²) >= 11 is 0. The van der Waals surface area contributed by atoms with Crippen molar-refractivity contribution in [3.63, 3.8) is 0 Å². The second-order valence-corrected chi connectivity index (χ2v) is 16.7. The van der Waals surface area contributed by atoms with Crippen LogP contribution in [0.2, 0.25) is 0 Å². The molecule has 0 aromatic rings. The Morgan fingerprint density at radius 2 is 0.982 bits per heavy atom. The summed E-state index contributed by atoms with van der Waals surface area (Å²) in [5.41, 5.74) is 0. The lowest BCUT2D eigenvalue weighted by molar-refractivity contribution is -0.161. The van der Waals surface area contributed by atoms with Gasteiger partial charge in [0.1, 0.15) is 6.61 Å². The Bertz CT molecular complexity index is 1010. The SMILES string of the molecule is CCCCC/C=C\C/C=C\C/C=C\CCCCCCC(=O)OC(COC(=O)CCCCCCCCCCCCCCCCC)COP(=O)(O)OCCN(C)C. The number of phosphoric ester groups is 1. The number of hydrogen-bond acceptors (Lipinski definition) is 8. The minimum absolute atomic E-state index is 0.00341. The monoisotopic (exact) mass is 798 g/mol. The van der Waals surface area contributed by atoms with Crippen molar-refractivity contribution in [1.82, 2.24) is 4.90 Å². The molecule has 0 amide bonds. The summed E-state index contributed by atoms with van der Waals surface area (Å²) in [4.78, 5) is 37.0. The maximum Gasteiger partial charge on any atom is 0.472 e. The number of hydrogen-bond donors (Lipinski definition) is 1. The minimum Gasteiger partial charge on any atom is -0.462 e. The fourth-order valence-electron chi connectivity index (χ4n) is 5.99. The van der Waals surface area contributed by atoms with E-state index in [9.17, 15) is 19.0 Å². The number of carbonyl (C=O) groups is 2. The van der Waals surface area contributed by atoms with Gasteiger partial charge in [-0.15, -0.1) is 0 Å². The molecule has 0 aromatic carbocycles. The van der Waals surface area contributed by atoms with Crippen molar-refractivity contribution in [2.75, 3.05) is 40.5 Å². The highest BCUT2D eigenvalue weighted by atomic mass is 31.2. The molecule has 2 atom stereocenters. The number of ether oxygens (including phenoxy) is 2. The zero-order chi connectivity index (χ0) is 40.5. The van der Waals surface area contributed by atoms with Crippen molar-refractivity contribution >= 4 is 19.8 Å². The fourth-order valence-corrected chi connectivity index (χ4v) is 6.73. The molecule has 0 aromatic heterocycles. The minimum atomic E-state index is -4.37. The number of nitrogens with zero attached hydrogens (tertiary/aromatic N) is 1. The Kier molecular flexibility index (Phi) is 39.1. The van der Waals surface area contributed by atoms with E-state index < -0.39 is 26.5 Å². The Balaban J connectivity index is 4.32. The van der Waals surface area contributed by atoms with E-state index in [-0.39, 0.29) is 32.0 Å². The highest BCUT2D eigenvalue weighted by Gasteiger charge is 2.26. The van der Waals surface area contributed by atoms with Gasteiger partial charge >= 0.3 is 19.8 Å². The molecule has 0 bridgehead atoms. The number of phosphoric acid groups is 1. The molecule has 55 heavy (non-hydrogen) atoms. The summed E-state index contributed by atoms with van der Waals surface area (Å²) in [7, 11) is -0.721. The van der Waals surface area contributed by atoms with Crippen molar-refractivity contribution in [2.24, 2.45) is 0 Å². The van der Waals surface area contributed by atoms with Gasteiger partial charge in [-0.25, -0.2) is 4.57 Å². The average molecular weight is 798 g/mol. The molecule has 0 aliphatic heterocycles. The van der Waals surface area contributed by atoms with Crippen molar-refractivity contribution in [2.45, 2.75) is 200 Å². The van der Waals surface area contributed by atoms with Crippen LogP contribution >= 0.6 is 7.82 Å². The normalized spacial score (nSPS) is 13.7. The number of rotatable bonds is 41. The maximum atomic E-state index is 12.7. The quantitative estimate of drug-likeness (QED) is 0.0280. The summed E-state index contributed by atoms with van der Waals surface area (Å²) in [5.74, 6) is -0.823. The summed E-state index contributed by atoms with van der Waals surface area (Å²) in [6.45, 7) is 4.28. The predicted octanol–water partition coefficient (Wildman–Crippen LogP) is 12.8. The molecule has 9 nitrogen and oxygen atoms in total. The van der Waals surface area contributed by atoms with Crippen molar-refractivity contribution in [1.29, 1.82) is 0 Å². The molecule has 0 saturated heterocycles. The Labute approximate surface area is 338 Å². The molecule has 10 heteroatoms. The third-order valence-corrected chi connectivity index (χ3v) is 10.4. The standard InChI is InChI=1S/C45H84NO8P/c1-5-7-9-11-13-15-17-19-21-22-24-26-28-30-32-34-36-38-45(48)54-43(42-53-55(49,50)52-40-39-46(3)4)41-51-44(47)37-35-33-31-29-27-25-23-20-18-16-14-12-10-8-6-2/h13,15,19,21,24,26,43H,5-12,14,16-18,20,22-23,25,27-42H2,1-4H3,(H,49,50)/b15-13-,21-19-,26-24-. The van der Waals surface area contributed by atoms with Crippen LogP contribution in [0.1, 0.15) is 194 Å². The molecule has 0 heterocycles. The van der Waals surface area contributed by atoms with Gasteiger partial charge in [0.05, 0.1) is 13.2 Å². The van der Waals surface area contributed by atoms with Gasteiger partial charge in [-0.1, -0.05) is 166 Å². The number of allylic oxidation sites excluding steroid dienone is 6. The van der Waals surface area contributed by atoms with E-state index in [4.69, 9.17) is 18.5 Å². The van der Waals surface area contributed by atoms with Gasteiger partial charge in [0.2, 0.25) is 0 Å². The number of likely N-dealkylation sites (N-methyl/N-ethyl adjacent to an activating group) is 1. The first-order valence-corrected chi connectivity index (χ1v) is 23.8. The van der Waals surface area contributed by atoms with Gasteiger partial charge < -0.3 is 19.3 Å². The topological polar surface area (TPSA) is 112 Å². The fraction of sp³-hybridized carbons (Fsp3) is 0.822. The third kappa shape index (κ3) is 41.7. The van der Waals surface area contributed by atoms with Gasteiger partial charge in [-0.05, 0) is 65.5 Å². The van der Waals surface area contributed by atoms with Crippen LogP contribution in [0.4, 0.5) is 0 Å². The maximum absolute atomic E-state index is 12.7. The van der Waals surface area contributed by atoms with E-state index >= 15 is 0 Å². The number of esters is 2. The second kappa shape index (κ2) is 40.4. The number of unbranched alkanes of at least 4 members (excludes halogenated alkanes) is 21. The van der Waals surface area contributed by atoms with E-state index in [1.165, 1.54) is 103 Å². The first-order chi connectivity index (χ1) is 26.7. The van der Waals surface area contributed by atoms with Gasteiger partial charge in [-0.3, -0.25) is 18.6 Å². The first kappa shape index (κ1) is 53.2. The highest BCUT2D eigenvalue weighted by molar-refractivity contribution is 7.47. The molecule has 0 rings (SSSR count). The number of carbonyl (C=O) groups excluding carboxylic acids is 2. The Morgan fingerprint density at radius 3 is 1.49 bits per heavy atom. The van der Waals surface area contributed by atoms with Gasteiger partial charge in [0.25, 0.3) is 0 Å². The smallest absolute Gasteiger partial charge is 0.462 e. The highest BCUT2D eigenvalue weighted by Crippen LogP contribution is 2.43. The van der Waals surface area contributed by atoms with E-state index in [1.807, 2.05) is 19.0 Å². The third-order valence-electron chi connectivity index (χ3n) is 9.45. The lowest BCUT2D eigenvalue weighted by Crippen LogP contribution is -2.29. The molecule has 0 spiro atoms. The predicted molar refractivity (Wildman–Crippen MR) is 229 cm³/mol. The second-order valence-electron chi connectivity index (χ2n) is 15.2. The van der Waals surface area contributed by atoms with E-state index in [0.717, 1.165) is 57.8 Å². The molecular formula is C45H84NO8P. The molecule has 0 aliphatic rings. The molecule has 1 N–H and O–H groups in total. The molecule has 0 fully saturated rings. The average Bonchev–Trinajstić information content (AvgIpc) is 3.15. The van der Waals surface area contributed by atoms with Crippen LogP contribution in [0.15, 0.2) is 36.5 Å². The summed E-state index contributed by atoms with van der Waals surface area (Å²) in [5, 5.41) is 0. The van der Waals surface area contributed by atoms with Crippen LogP contribution in [0, 0.1) is 0 Å². The molecule has 322 valence electrons. The van der Waals surface area contributed by atoms with Crippen LogP contribution in [-0.2, 0) is 32.7 Å². The van der Waals surface area contributed by atoms with Crippen LogP contribution < -0.4 is 0 Å². The molecule has 2 unspecified atom stereocenters. The summed E-state index contributed by atoms with van der Waals surface area (Å²) < 4.78 is 33.5. The molecule has 0 aliphatic carbocycles. The Hall–Kier alpha value is -1.77. The molecular weight excluding hydrogens is 713 g/mol. The zero-order valence-corrected chi connectivity index (χ0v) is 36.8. The van der Waals surface area contributed by atoms with Crippen molar-refractivity contribution in [3.05, 3.63) is 36.5 Å². The lowest BCUT2D eigenvalue weighted by atomic mass is 10.0.